The molecule has 186 valence electrons. The Kier molecular flexibility index (Phi) is 6.86. The summed E-state index contributed by atoms with van der Waals surface area (Å²) in [5.41, 5.74) is 4.12. The number of anilines is 3. The maximum atomic E-state index is 12.7. The van der Waals surface area contributed by atoms with E-state index in [1.165, 1.54) is 5.56 Å². The highest BCUT2D eigenvalue weighted by Gasteiger charge is 2.23. The molecule has 2 aromatic carbocycles. The topological polar surface area (TPSA) is 84.3 Å². The molecule has 1 aliphatic rings. The number of nitrogens with one attached hydrogen (secondary N) is 2. The van der Waals surface area contributed by atoms with Gasteiger partial charge in [-0.25, -0.2) is 9.97 Å². The second-order valence-corrected chi connectivity index (χ2v) is 9.37. The molecule has 5 rings (SSSR count). The first kappa shape index (κ1) is 23.8. The van der Waals surface area contributed by atoms with Gasteiger partial charge in [-0.2, -0.15) is 0 Å². The number of rotatable bonds is 7. The first-order valence-corrected chi connectivity index (χ1v) is 12.4. The average molecular weight is 485 g/mol. The Labute approximate surface area is 211 Å². The first-order valence-electron chi connectivity index (χ1n) is 12.4. The molecule has 3 heterocycles. The summed E-state index contributed by atoms with van der Waals surface area (Å²) in [4.78, 5) is 24.0. The Balaban J connectivity index is 1.28. The van der Waals surface area contributed by atoms with Gasteiger partial charge in [0, 0.05) is 37.0 Å². The zero-order valence-electron chi connectivity index (χ0n) is 21.0. The number of carbonyl (C=O) groups excluding carboxylic acids is 1. The van der Waals surface area contributed by atoms with Crippen molar-refractivity contribution in [2.45, 2.75) is 26.2 Å². The standard InChI is InChI=1S/C28H32N6O2/c1-4-19-5-7-21(8-6-19)30-28-31-24-17-22(9-10-25(24)34(28)3)36-23-11-14-29-26(18-23)32-27(35)20-12-15-33(2)16-13-20/h5-11,14,17-18,20H,4,12-13,15-16H2,1-3H3,(H,30,31)(H,29,32,35). The van der Waals surface area contributed by atoms with Crippen molar-refractivity contribution in [3.8, 4) is 11.5 Å². The Morgan fingerprint density at radius 2 is 1.78 bits per heavy atom. The van der Waals surface area contributed by atoms with Crippen LogP contribution >= 0.6 is 0 Å². The van der Waals surface area contributed by atoms with Crippen LogP contribution < -0.4 is 15.4 Å². The van der Waals surface area contributed by atoms with Crippen molar-refractivity contribution in [1.82, 2.24) is 19.4 Å². The minimum atomic E-state index is 0.0199. The lowest BCUT2D eigenvalue weighted by Crippen LogP contribution is -2.36. The number of pyridine rings is 1. The Bertz CT molecular complexity index is 1360. The summed E-state index contributed by atoms with van der Waals surface area (Å²) in [6, 6.07) is 17.7. The number of ether oxygens (including phenoxy) is 1. The molecule has 1 amide bonds. The van der Waals surface area contributed by atoms with Crippen LogP contribution in [0.3, 0.4) is 0 Å². The van der Waals surface area contributed by atoms with Gasteiger partial charge in [0.2, 0.25) is 11.9 Å². The predicted molar refractivity (Wildman–Crippen MR) is 143 cm³/mol. The molecule has 0 aliphatic carbocycles. The SMILES string of the molecule is CCc1ccc(Nc2nc3cc(Oc4ccnc(NC(=O)C5CCN(C)CC5)c4)ccc3n2C)cc1. The number of imidazole rings is 1. The Morgan fingerprint density at radius 3 is 2.53 bits per heavy atom. The summed E-state index contributed by atoms with van der Waals surface area (Å²) in [5.74, 6) is 2.57. The quantitative estimate of drug-likeness (QED) is 0.368. The lowest BCUT2D eigenvalue weighted by atomic mass is 9.96. The van der Waals surface area contributed by atoms with Crippen LogP contribution in [0.1, 0.15) is 25.3 Å². The van der Waals surface area contributed by atoms with E-state index in [1.807, 2.05) is 29.8 Å². The van der Waals surface area contributed by atoms with Gasteiger partial charge in [0.25, 0.3) is 0 Å². The van der Waals surface area contributed by atoms with Crippen molar-refractivity contribution < 1.29 is 9.53 Å². The van der Waals surface area contributed by atoms with E-state index in [4.69, 9.17) is 9.72 Å². The second-order valence-electron chi connectivity index (χ2n) is 9.37. The third kappa shape index (κ3) is 5.33. The fourth-order valence-electron chi connectivity index (χ4n) is 4.49. The number of piperidine rings is 1. The van der Waals surface area contributed by atoms with Gasteiger partial charge in [0.1, 0.15) is 17.3 Å². The molecule has 0 unspecified atom stereocenters. The van der Waals surface area contributed by atoms with E-state index >= 15 is 0 Å². The van der Waals surface area contributed by atoms with Crippen LogP contribution in [-0.4, -0.2) is 45.5 Å². The summed E-state index contributed by atoms with van der Waals surface area (Å²) in [7, 11) is 4.07. The van der Waals surface area contributed by atoms with E-state index in [2.05, 4.69) is 58.8 Å². The highest BCUT2D eigenvalue weighted by Crippen LogP contribution is 2.29. The van der Waals surface area contributed by atoms with Crippen molar-refractivity contribution >= 4 is 34.4 Å². The molecule has 0 spiro atoms. The number of amides is 1. The van der Waals surface area contributed by atoms with Gasteiger partial charge in [-0.15, -0.1) is 0 Å². The Hall–Kier alpha value is -3.91. The molecule has 0 atom stereocenters. The van der Waals surface area contributed by atoms with Gasteiger partial charge in [-0.1, -0.05) is 19.1 Å². The number of fused-ring (bicyclic) bond motifs is 1. The van der Waals surface area contributed by atoms with Crippen LogP contribution in [0.2, 0.25) is 0 Å². The van der Waals surface area contributed by atoms with E-state index < -0.39 is 0 Å². The molecular formula is C28H32N6O2. The largest absolute Gasteiger partial charge is 0.457 e. The molecule has 1 saturated heterocycles. The smallest absolute Gasteiger partial charge is 0.228 e. The molecule has 2 aromatic heterocycles. The van der Waals surface area contributed by atoms with Crippen LogP contribution in [0.5, 0.6) is 11.5 Å². The third-order valence-electron chi connectivity index (χ3n) is 6.78. The summed E-state index contributed by atoms with van der Waals surface area (Å²) in [6.45, 7) is 4.02. The molecule has 0 radical (unpaired) electrons. The molecule has 0 saturated carbocycles. The maximum absolute atomic E-state index is 12.7. The fourth-order valence-corrected chi connectivity index (χ4v) is 4.49. The molecule has 1 fully saturated rings. The van der Waals surface area contributed by atoms with Gasteiger partial charge < -0.3 is 24.8 Å². The number of carbonyl (C=O) groups is 1. The van der Waals surface area contributed by atoms with Gasteiger partial charge in [-0.05, 0) is 75.3 Å². The predicted octanol–water partition coefficient (Wildman–Crippen LogP) is 5.35. The van der Waals surface area contributed by atoms with E-state index in [-0.39, 0.29) is 11.8 Å². The van der Waals surface area contributed by atoms with E-state index in [0.717, 1.165) is 55.0 Å². The Morgan fingerprint density at radius 1 is 1.03 bits per heavy atom. The van der Waals surface area contributed by atoms with Crippen LogP contribution in [0.15, 0.2) is 60.8 Å². The molecule has 1 aliphatic heterocycles. The van der Waals surface area contributed by atoms with Crippen molar-refractivity contribution in [2.24, 2.45) is 13.0 Å². The van der Waals surface area contributed by atoms with Crippen molar-refractivity contribution in [2.75, 3.05) is 30.8 Å². The maximum Gasteiger partial charge on any atom is 0.228 e. The van der Waals surface area contributed by atoms with Crippen molar-refractivity contribution in [1.29, 1.82) is 0 Å². The fraction of sp³-hybridized carbons (Fsp3) is 0.321. The minimum absolute atomic E-state index is 0.0199. The monoisotopic (exact) mass is 484 g/mol. The lowest BCUT2D eigenvalue weighted by Gasteiger charge is -2.27. The van der Waals surface area contributed by atoms with Gasteiger partial charge >= 0.3 is 0 Å². The van der Waals surface area contributed by atoms with E-state index in [9.17, 15) is 4.79 Å². The normalized spacial score (nSPS) is 14.6. The molecular weight excluding hydrogens is 452 g/mol. The minimum Gasteiger partial charge on any atom is -0.457 e. The number of likely N-dealkylation sites (tertiary alicyclic amines) is 1. The molecule has 36 heavy (non-hydrogen) atoms. The second kappa shape index (κ2) is 10.4. The number of aromatic nitrogens is 3. The zero-order valence-corrected chi connectivity index (χ0v) is 21.0. The number of hydrogen-bond acceptors (Lipinski definition) is 6. The van der Waals surface area contributed by atoms with Crippen LogP contribution in [-0.2, 0) is 18.3 Å². The number of hydrogen-bond donors (Lipinski definition) is 2. The summed E-state index contributed by atoms with van der Waals surface area (Å²) in [6.07, 6.45) is 4.39. The van der Waals surface area contributed by atoms with E-state index in [1.54, 1.807) is 18.3 Å². The number of aryl methyl sites for hydroxylation is 2. The third-order valence-corrected chi connectivity index (χ3v) is 6.78. The zero-order chi connectivity index (χ0) is 25.1. The highest BCUT2D eigenvalue weighted by molar-refractivity contribution is 5.91. The number of nitrogens with zero attached hydrogens (tertiary/aromatic N) is 4. The number of benzene rings is 2. The van der Waals surface area contributed by atoms with Gasteiger partial charge in [-0.3, -0.25) is 4.79 Å². The molecule has 0 bridgehead atoms. The van der Waals surface area contributed by atoms with Gasteiger partial charge in [0.05, 0.1) is 11.0 Å². The molecule has 2 N–H and O–H groups in total. The van der Waals surface area contributed by atoms with Crippen LogP contribution in [0.25, 0.3) is 11.0 Å². The highest BCUT2D eigenvalue weighted by atomic mass is 16.5. The van der Waals surface area contributed by atoms with E-state index in [0.29, 0.717) is 17.3 Å². The van der Waals surface area contributed by atoms with Crippen LogP contribution in [0.4, 0.5) is 17.5 Å². The summed E-state index contributed by atoms with van der Waals surface area (Å²) < 4.78 is 8.12. The summed E-state index contributed by atoms with van der Waals surface area (Å²) in [5, 5.41) is 6.35. The average Bonchev–Trinajstić information content (AvgIpc) is 3.19. The molecule has 8 nitrogen and oxygen atoms in total. The van der Waals surface area contributed by atoms with Crippen LogP contribution in [0, 0.1) is 5.92 Å². The van der Waals surface area contributed by atoms with Crippen molar-refractivity contribution in [3.05, 3.63) is 66.4 Å². The first-order chi connectivity index (χ1) is 17.5. The molecule has 8 heteroatoms. The lowest BCUT2D eigenvalue weighted by molar-refractivity contribution is -0.121. The summed E-state index contributed by atoms with van der Waals surface area (Å²) >= 11 is 0. The van der Waals surface area contributed by atoms with Gasteiger partial charge in [0.15, 0.2) is 0 Å². The molecule has 4 aromatic rings. The van der Waals surface area contributed by atoms with Crippen molar-refractivity contribution in [3.63, 3.8) is 0 Å².